The maximum absolute atomic E-state index is 10.8. The molecule has 0 aromatic carbocycles. The van der Waals surface area contributed by atoms with Crippen LogP contribution in [0.2, 0.25) is 0 Å². The van der Waals surface area contributed by atoms with Crippen LogP contribution in [0.1, 0.15) is 26.5 Å². The van der Waals surface area contributed by atoms with E-state index in [1.165, 1.54) is 6.92 Å². The largest absolute Gasteiger partial charge is 0.379 e. The van der Waals surface area contributed by atoms with Crippen molar-refractivity contribution in [2.45, 2.75) is 20.8 Å². The smallest absolute Gasteiger partial charge is 0.332 e. The first-order valence-electron chi connectivity index (χ1n) is 5.19. The zero-order valence-electron chi connectivity index (χ0n) is 10.0. The molecule has 1 aromatic heterocycles. The highest BCUT2D eigenvalue weighted by Crippen LogP contribution is 2.10. The average Bonchev–Trinajstić information content (AvgIpc) is 2.70. The lowest BCUT2D eigenvalue weighted by atomic mass is 10.3. The molecule has 0 radical (unpaired) electrons. The zero-order chi connectivity index (χ0) is 12.8. The first-order chi connectivity index (χ1) is 8.10. The quantitative estimate of drug-likeness (QED) is 0.347. The summed E-state index contributed by atoms with van der Waals surface area (Å²) in [5, 5.41) is 10.8. The van der Waals surface area contributed by atoms with Crippen LogP contribution in [-0.4, -0.2) is 40.1 Å². The van der Waals surface area contributed by atoms with Gasteiger partial charge in [-0.2, -0.15) is 0 Å². The van der Waals surface area contributed by atoms with Crippen LogP contribution in [0.4, 0.5) is 5.82 Å². The molecule has 17 heavy (non-hydrogen) atoms. The van der Waals surface area contributed by atoms with E-state index in [0.717, 1.165) is 0 Å². The van der Waals surface area contributed by atoms with Crippen molar-refractivity contribution in [1.29, 1.82) is 0 Å². The highest BCUT2D eigenvalue weighted by Gasteiger charge is 2.20. The van der Waals surface area contributed by atoms with Gasteiger partial charge >= 0.3 is 5.97 Å². The summed E-state index contributed by atoms with van der Waals surface area (Å²) in [7, 11) is 0. The first-order valence-corrected chi connectivity index (χ1v) is 5.19. The zero-order valence-corrected chi connectivity index (χ0v) is 10.0. The van der Waals surface area contributed by atoms with Crippen LogP contribution in [0, 0.1) is 0 Å². The second-order valence-electron chi connectivity index (χ2n) is 3.17. The molecule has 0 aliphatic heterocycles. The van der Waals surface area contributed by atoms with Crippen molar-refractivity contribution in [2.24, 2.45) is 5.16 Å². The van der Waals surface area contributed by atoms with E-state index in [-0.39, 0.29) is 11.5 Å². The summed E-state index contributed by atoms with van der Waals surface area (Å²) in [5.41, 5.74) is 5.84. The van der Waals surface area contributed by atoms with Gasteiger partial charge in [-0.1, -0.05) is 5.16 Å². The van der Waals surface area contributed by atoms with Gasteiger partial charge in [-0.3, -0.25) is 0 Å². The molecular weight excluding hydrogens is 226 g/mol. The summed E-state index contributed by atoms with van der Waals surface area (Å²) in [4.78, 5) is 17.2. The number of carbonyl (C=O) groups is 1. The Labute approximate surface area is 98.3 Å². The van der Waals surface area contributed by atoms with E-state index in [4.69, 9.17) is 5.73 Å². The number of oxime groups is 1. The molecule has 1 aromatic rings. The molecule has 1 heterocycles. The van der Waals surface area contributed by atoms with Crippen molar-refractivity contribution in [1.82, 2.24) is 15.2 Å². The number of hydrogen-bond acceptors (Lipinski definition) is 7. The van der Waals surface area contributed by atoms with Crippen LogP contribution in [0.3, 0.4) is 0 Å². The van der Waals surface area contributed by atoms with E-state index in [1.807, 2.05) is 18.7 Å². The Morgan fingerprint density at radius 3 is 2.53 bits per heavy atom. The Morgan fingerprint density at radius 2 is 2.12 bits per heavy atom. The Balaban J connectivity index is 3.06. The number of amidine groups is 1. The molecule has 0 amide bonds. The van der Waals surface area contributed by atoms with Crippen LogP contribution in [0.5, 0.6) is 0 Å². The minimum absolute atomic E-state index is 0.0998. The van der Waals surface area contributed by atoms with Crippen molar-refractivity contribution in [3.05, 3.63) is 5.69 Å². The molecule has 2 N–H and O–H groups in total. The lowest BCUT2D eigenvalue weighted by Crippen LogP contribution is -2.32. The Kier molecular flexibility index (Phi) is 4.44. The van der Waals surface area contributed by atoms with E-state index < -0.39 is 5.97 Å². The lowest BCUT2D eigenvalue weighted by Gasteiger charge is -2.20. The van der Waals surface area contributed by atoms with Gasteiger partial charge in [-0.05, 0) is 24.2 Å². The molecule has 0 saturated carbocycles. The summed E-state index contributed by atoms with van der Waals surface area (Å²) in [6, 6.07) is 0. The van der Waals surface area contributed by atoms with Gasteiger partial charge in [0.2, 0.25) is 5.84 Å². The van der Waals surface area contributed by atoms with Crippen molar-refractivity contribution in [3.63, 3.8) is 0 Å². The molecule has 0 saturated heterocycles. The van der Waals surface area contributed by atoms with Crippen molar-refractivity contribution >= 4 is 17.6 Å². The first kappa shape index (κ1) is 12.9. The maximum atomic E-state index is 10.8. The Bertz CT molecular complexity index is 411. The molecule has 0 fully saturated rings. The standard InChI is InChI=1S/C9H15N5O3/c1-4-14(5-2)9(13-16-6(3)15)7-8(10)12-17-11-7/h4-5H2,1-3H3,(H2,10,12)/b13-9+. The van der Waals surface area contributed by atoms with Crippen LogP contribution >= 0.6 is 0 Å². The van der Waals surface area contributed by atoms with Crippen molar-refractivity contribution in [3.8, 4) is 0 Å². The van der Waals surface area contributed by atoms with E-state index in [0.29, 0.717) is 18.9 Å². The van der Waals surface area contributed by atoms with Crippen molar-refractivity contribution in [2.75, 3.05) is 18.8 Å². The minimum Gasteiger partial charge on any atom is -0.379 e. The average molecular weight is 241 g/mol. The molecule has 94 valence electrons. The number of nitrogens with zero attached hydrogens (tertiary/aromatic N) is 4. The molecule has 8 heteroatoms. The monoisotopic (exact) mass is 241 g/mol. The molecular formula is C9H15N5O3. The van der Waals surface area contributed by atoms with E-state index in [9.17, 15) is 4.79 Å². The Hall–Kier alpha value is -2.12. The lowest BCUT2D eigenvalue weighted by molar-refractivity contribution is -0.141. The van der Waals surface area contributed by atoms with Gasteiger partial charge in [-0.25, -0.2) is 9.42 Å². The number of aromatic nitrogens is 2. The number of hydrogen-bond donors (Lipinski definition) is 1. The van der Waals surface area contributed by atoms with Crippen LogP contribution in [0.25, 0.3) is 0 Å². The predicted octanol–water partition coefficient (Wildman–Crippen LogP) is 0.218. The normalized spacial score (nSPS) is 11.4. The molecule has 0 aliphatic carbocycles. The molecule has 0 spiro atoms. The highest BCUT2D eigenvalue weighted by atomic mass is 16.7. The maximum Gasteiger partial charge on any atom is 0.332 e. The fourth-order valence-corrected chi connectivity index (χ4v) is 1.23. The van der Waals surface area contributed by atoms with Crippen molar-refractivity contribution < 1.29 is 14.3 Å². The third-order valence-corrected chi connectivity index (χ3v) is 2.05. The highest BCUT2D eigenvalue weighted by molar-refractivity contribution is 6.00. The summed E-state index contributed by atoms with van der Waals surface area (Å²) in [5.74, 6) is -0.101. The number of rotatable bonds is 4. The van der Waals surface area contributed by atoms with Gasteiger partial charge in [0, 0.05) is 20.0 Å². The molecule has 1 rings (SSSR count). The summed E-state index contributed by atoms with van der Waals surface area (Å²) < 4.78 is 4.50. The minimum atomic E-state index is -0.523. The summed E-state index contributed by atoms with van der Waals surface area (Å²) in [6.45, 7) is 6.42. The second kappa shape index (κ2) is 5.83. The second-order valence-corrected chi connectivity index (χ2v) is 3.17. The van der Waals surface area contributed by atoms with Crippen LogP contribution in [-0.2, 0) is 9.63 Å². The molecule has 0 unspecified atom stereocenters. The number of nitrogen functional groups attached to an aromatic ring is 1. The van der Waals surface area contributed by atoms with E-state index >= 15 is 0 Å². The van der Waals surface area contributed by atoms with Crippen LogP contribution < -0.4 is 5.73 Å². The number of nitrogens with two attached hydrogens (primary N) is 1. The van der Waals surface area contributed by atoms with E-state index in [2.05, 4.69) is 24.9 Å². The fraction of sp³-hybridized carbons (Fsp3) is 0.556. The molecule has 0 atom stereocenters. The van der Waals surface area contributed by atoms with E-state index in [1.54, 1.807) is 0 Å². The molecule has 8 nitrogen and oxygen atoms in total. The third-order valence-electron chi connectivity index (χ3n) is 2.05. The Morgan fingerprint density at radius 1 is 1.47 bits per heavy atom. The predicted molar refractivity (Wildman–Crippen MR) is 59.9 cm³/mol. The van der Waals surface area contributed by atoms with Gasteiger partial charge in [0.05, 0.1) is 0 Å². The SMILES string of the molecule is CCN(CC)/C(=N/OC(C)=O)c1nonc1N. The van der Waals surface area contributed by atoms with Gasteiger partial charge in [-0.15, -0.1) is 0 Å². The van der Waals surface area contributed by atoms with Gasteiger partial charge in [0.15, 0.2) is 11.5 Å². The van der Waals surface area contributed by atoms with Gasteiger partial charge < -0.3 is 15.5 Å². The van der Waals surface area contributed by atoms with Gasteiger partial charge in [0.1, 0.15) is 0 Å². The van der Waals surface area contributed by atoms with Crippen LogP contribution in [0.15, 0.2) is 9.78 Å². The molecule has 0 aliphatic rings. The fourth-order valence-electron chi connectivity index (χ4n) is 1.23. The summed E-state index contributed by atoms with van der Waals surface area (Å²) >= 11 is 0. The third kappa shape index (κ3) is 3.16. The summed E-state index contributed by atoms with van der Waals surface area (Å²) in [6.07, 6.45) is 0. The number of anilines is 1. The number of carbonyl (C=O) groups excluding carboxylic acids is 1. The topological polar surface area (TPSA) is 107 Å². The van der Waals surface area contributed by atoms with Gasteiger partial charge in [0.25, 0.3) is 0 Å². The molecule has 0 bridgehead atoms.